The Balaban J connectivity index is 1.74. The summed E-state index contributed by atoms with van der Waals surface area (Å²) in [6.07, 6.45) is 0. The SMILES string of the molecule is Cc1nn(-c2ccccc2)c(C)c1CN(C)C(C)C(=O)Nc1ccccc1Br. The summed E-state index contributed by atoms with van der Waals surface area (Å²) in [5.74, 6) is -0.0415. The molecule has 1 heterocycles. The molecular weight excluding hydrogens is 416 g/mol. The van der Waals surface area contributed by atoms with Gasteiger partial charge >= 0.3 is 0 Å². The van der Waals surface area contributed by atoms with Crippen molar-refractivity contribution >= 4 is 27.5 Å². The summed E-state index contributed by atoms with van der Waals surface area (Å²) in [6, 6.07) is 17.4. The van der Waals surface area contributed by atoms with Crippen molar-refractivity contribution < 1.29 is 4.79 Å². The highest BCUT2D eigenvalue weighted by Crippen LogP contribution is 2.23. The molecule has 146 valence electrons. The minimum absolute atomic E-state index is 0.0415. The molecule has 0 bridgehead atoms. The largest absolute Gasteiger partial charge is 0.324 e. The van der Waals surface area contributed by atoms with Crippen molar-refractivity contribution in [1.82, 2.24) is 14.7 Å². The van der Waals surface area contributed by atoms with Gasteiger partial charge in [-0.2, -0.15) is 5.10 Å². The van der Waals surface area contributed by atoms with Crippen LogP contribution in [0.4, 0.5) is 5.69 Å². The highest BCUT2D eigenvalue weighted by Gasteiger charge is 2.22. The van der Waals surface area contributed by atoms with E-state index in [1.807, 2.05) is 85.1 Å². The summed E-state index contributed by atoms with van der Waals surface area (Å²) < 4.78 is 2.83. The molecule has 0 fully saturated rings. The summed E-state index contributed by atoms with van der Waals surface area (Å²) in [7, 11) is 1.96. The second kappa shape index (κ2) is 8.71. The highest BCUT2D eigenvalue weighted by molar-refractivity contribution is 9.10. The van der Waals surface area contributed by atoms with Gasteiger partial charge in [0.05, 0.1) is 23.1 Å². The van der Waals surface area contributed by atoms with E-state index in [2.05, 4.69) is 28.2 Å². The number of aryl methyl sites for hydroxylation is 1. The number of likely N-dealkylation sites (N-methyl/N-ethyl adjacent to an activating group) is 1. The lowest BCUT2D eigenvalue weighted by atomic mass is 10.1. The number of para-hydroxylation sites is 2. The van der Waals surface area contributed by atoms with Crippen LogP contribution in [0.5, 0.6) is 0 Å². The Morgan fingerprint density at radius 2 is 1.79 bits per heavy atom. The summed E-state index contributed by atoms with van der Waals surface area (Å²) in [4.78, 5) is 14.7. The molecule has 28 heavy (non-hydrogen) atoms. The van der Waals surface area contributed by atoms with E-state index < -0.39 is 0 Å². The minimum atomic E-state index is -0.286. The van der Waals surface area contributed by atoms with Crippen molar-refractivity contribution in [3.05, 3.63) is 76.0 Å². The number of anilines is 1. The summed E-state index contributed by atoms with van der Waals surface area (Å²) in [6.45, 7) is 6.65. The predicted octanol–water partition coefficient (Wildman–Crippen LogP) is 4.71. The molecule has 0 aliphatic heterocycles. The maximum atomic E-state index is 12.7. The molecule has 0 radical (unpaired) electrons. The van der Waals surface area contributed by atoms with Gasteiger partial charge in [-0.25, -0.2) is 4.68 Å². The van der Waals surface area contributed by atoms with Gasteiger partial charge in [0.1, 0.15) is 0 Å². The smallest absolute Gasteiger partial charge is 0.241 e. The van der Waals surface area contributed by atoms with E-state index in [0.717, 1.165) is 32.8 Å². The second-order valence-electron chi connectivity index (χ2n) is 6.96. The third-order valence-electron chi connectivity index (χ3n) is 5.02. The van der Waals surface area contributed by atoms with Gasteiger partial charge in [-0.05, 0) is 68.0 Å². The number of benzene rings is 2. The average molecular weight is 441 g/mol. The number of rotatable bonds is 6. The predicted molar refractivity (Wildman–Crippen MR) is 117 cm³/mol. The van der Waals surface area contributed by atoms with Crippen molar-refractivity contribution in [3.8, 4) is 5.69 Å². The summed E-state index contributed by atoms with van der Waals surface area (Å²) >= 11 is 3.47. The van der Waals surface area contributed by atoms with E-state index in [0.29, 0.717) is 6.54 Å². The minimum Gasteiger partial charge on any atom is -0.324 e. The van der Waals surface area contributed by atoms with Crippen LogP contribution in [0.2, 0.25) is 0 Å². The summed E-state index contributed by atoms with van der Waals surface area (Å²) in [5, 5.41) is 7.69. The van der Waals surface area contributed by atoms with Crippen LogP contribution in [0.25, 0.3) is 5.69 Å². The van der Waals surface area contributed by atoms with Gasteiger partial charge in [0, 0.05) is 22.3 Å². The highest BCUT2D eigenvalue weighted by atomic mass is 79.9. The first-order valence-electron chi connectivity index (χ1n) is 9.24. The molecule has 6 heteroatoms. The lowest BCUT2D eigenvalue weighted by Crippen LogP contribution is -2.39. The van der Waals surface area contributed by atoms with Crippen LogP contribution < -0.4 is 5.32 Å². The van der Waals surface area contributed by atoms with Gasteiger partial charge in [-0.3, -0.25) is 9.69 Å². The van der Waals surface area contributed by atoms with E-state index >= 15 is 0 Å². The molecule has 1 aromatic heterocycles. The summed E-state index contributed by atoms with van der Waals surface area (Å²) in [5.41, 5.74) is 5.03. The third kappa shape index (κ3) is 4.34. The number of amides is 1. The van der Waals surface area contributed by atoms with Crippen LogP contribution >= 0.6 is 15.9 Å². The number of nitrogens with one attached hydrogen (secondary N) is 1. The first-order valence-corrected chi connectivity index (χ1v) is 10.0. The van der Waals surface area contributed by atoms with Gasteiger partial charge < -0.3 is 5.32 Å². The zero-order valence-corrected chi connectivity index (χ0v) is 18.2. The monoisotopic (exact) mass is 440 g/mol. The molecule has 0 saturated heterocycles. The van der Waals surface area contributed by atoms with Crippen LogP contribution in [-0.4, -0.2) is 33.7 Å². The normalized spacial score (nSPS) is 12.2. The fourth-order valence-corrected chi connectivity index (χ4v) is 3.49. The molecule has 0 spiro atoms. The van der Waals surface area contributed by atoms with Gasteiger partial charge in [0.25, 0.3) is 0 Å². The van der Waals surface area contributed by atoms with Crippen LogP contribution in [-0.2, 0) is 11.3 Å². The Labute approximate surface area is 174 Å². The van der Waals surface area contributed by atoms with Crippen LogP contribution in [0, 0.1) is 13.8 Å². The Kier molecular flexibility index (Phi) is 6.31. The number of aromatic nitrogens is 2. The van der Waals surface area contributed by atoms with E-state index in [9.17, 15) is 4.79 Å². The molecule has 1 unspecified atom stereocenters. The first-order chi connectivity index (χ1) is 13.4. The first kappa shape index (κ1) is 20.3. The van der Waals surface area contributed by atoms with Gasteiger partial charge in [0.15, 0.2) is 0 Å². The maximum Gasteiger partial charge on any atom is 0.241 e. The molecule has 0 aliphatic carbocycles. The standard InChI is InChI=1S/C22H25BrN4O/c1-15-19(16(2)27(25-15)18-10-6-5-7-11-18)14-26(4)17(3)22(28)24-21-13-9-8-12-20(21)23/h5-13,17H,14H2,1-4H3,(H,24,28). The topological polar surface area (TPSA) is 50.2 Å². The molecule has 0 aliphatic rings. The Hall–Kier alpha value is -2.44. The van der Waals surface area contributed by atoms with Crippen molar-refractivity contribution in [2.45, 2.75) is 33.4 Å². The molecular formula is C22H25BrN4O. The maximum absolute atomic E-state index is 12.7. The van der Waals surface area contributed by atoms with Crippen LogP contribution in [0.1, 0.15) is 23.9 Å². The fourth-order valence-electron chi connectivity index (χ4n) is 3.11. The lowest BCUT2D eigenvalue weighted by Gasteiger charge is -2.24. The van der Waals surface area contributed by atoms with Crippen LogP contribution in [0.15, 0.2) is 59.1 Å². The molecule has 1 N–H and O–H groups in total. The Morgan fingerprint density at radius 1 is 1.14 bits per heavy atom. The second-order valence-corrected chi connectivity index (χ2v) is 7.81. The third-order valence-corrected chi connectivity index (χ3v) is 5.71. The van der Waals surface area contributed by atoms with Crippen molar-refractivity contribution in [1.29, 1.82) is 0 Å². The fraction of sp³-hybridized carbons (Fsp3) is 0.273. The van der Waals surface area contributed by atoms with Gasteiger partial charge in [-0.15, -0.1) is 0 Å². The number of halogens is 1. The zero-order chi connectivity index (χ0) is 20.3. The number of carbonyl (C=O) groups is 1. The zero-order valence-electron chi connectivity index (χ0n) is 16.6. The number of hydrogen-bond acceptors (Lipinski definition) is 3. The quantitative estimate of drug-likeness (QED) is 0.603. The molecule has 1 amide bonds. The van der Waals surface area contributed by atoms with E-state index in [1.54, 1.807) is 0 Å². The molecule has 0 saturated carbocycles. The molecule has 5 nitrogen and oxygen atoms in total. The van der Waals surface area contributed by atoms with E-state index in [-0.39, 0.29) is 11.9 Å². The van der Waals surface area contributed by atoms with Gasteiger partial charge in [-0.1, -0.05) is 30.3 Å². The van der Waals surface area contributed by atoms with Gasteiger partial charge in [0.2, 0.25) is 5.91 Å². The Bertz CT molecular complexity index is 968. The average Bonchev–Trinajstić information content (AvgIpc) is 2.98. The van der Waals surface area contributed by atoms with Crippen molar-refractivity contribution in [3.63, 3.8) is 0 Å². The molecule has 3 rings (SSSR count). The molecule has 1 atom stereocenters. The number of carbonyl (C=O) groups excluding carboxylic acids is 1. The van der Waals surface area contributed by atoms with Crippen LogP contribution in [0.3, 0.4) is 0 Å². The van der Waals surface area contributed by atoms with E-state index in [4.69, 9.17) is 5.10 Å². The lowest BCUT2D eigenvalue weighted by molar-refractivity contribution is -0.120. The van der Waals surface area contributed by atoms with Crippen molar-refractivity contribution in [2.24, 2.45) is 0 Å². The van der Waals surface area contributed by atoms with Crippen molar-refractivity contribution in [2.75, 3.05) is 12.4 Å². The van der Waals surface area contributed by atoms with E-state index in [1.165, 1.54) is 0 Å². The number of nitrogens with zero attached hydrogens (tertiary/aromatic N) is 3. The number of hydrogen-bond donors (Lipinski definition) is 1. The molecule has 2 aromatic carbocycles. The molecule has 3 aromatic rings. The Morgan fingerprint density at radius 3 is 2.46 bits per heavy atom.